The van der Waals surface area contributed by atoms with E-state index in [9.17, 15) is 4.79 Å². The van der Waals surface area contributed by atoms with Crippen molar-refractivity contribution in [3.63, 3.8) is 0 Å². The van der Waals surface area contributed by atoms with Gasteiger partial charge in [0.1, 0.15) is 5.75 Å². The first-order chi connectivity index (χ1) is 14.1. The number of carbonyl (C=O) groups excluding carboxylic acids is 1. The monoisotopic (exact) mass is 398 g/mol. The molecule has 1 aliphatic rings. The smallest absolute Gasteiger partial charge is 0.289 e. The highest BCUT2D eigenvalue weighted by atomic mass is 16.5. The van der Waals surface area contributed by atoms with Crippen LogP contribution in [0.4, 0.5) is 0 Å². The van der Waals surface area contributed by atoms with Gasteiger partial charge in [-0.15, -0.1) is 0 Å². The van der Waals surface area contributed by atoms with Gasteiger partial charge >= 0.3 is 0 Å². The van der Waals surface area contributed by atoms with Crippen molar-refractivity contribution in [2.75, 3.05) is 39.8 Å². The molecule has 2 heterocycles. The Bertz CT molecular complexity index is 792. The summed E-state index contributed by atoms with van der Waals surface area (Å²) in [6.45, 7) is 7.63. The minimum Gasteiger partial charge on any atom is -0.491 e. The Labute approximate surface area is 172 Å². The van der Waals surface area contributed by atoms with Crippen LogP contribution in [0.1, 0.15) is 30.0 Å². The quantitative estimate of drug-likeness (QED) is 0.598. The summed E-state index contributed by atoms with van der Waals surface area (Å²) in [5.74, 6) is 2.11. The number of hydrogen-bond donors (Lipinski definition) is 1. The van der Waals surface area contributed by atoms with Crippen LogP contribution in [0.15, 0.2) is 52.1 Å². The lowest BCUT2D eigenvalue weighted by Crippen LogP contribution is -2.53. The second kappa shape index (κ2) is 10.0. The SMILES string of the molecule is CN=C(NCCc1ccc(OC(C)C)cc1)N1CCN(C(=O)c2ccco2)CC1. The summed E-state index contributed by atoms with van der Waals surface area (Å²) in [5.41, 5.74) is 1.25. The van der Waals surface area contributed by atoms with Gasteiger partial charge in [-0.1, -0.05) is 12.1 Å². The highest BCUT2D eigenvalue weighted by Crippen LogP contribution is 2.14. The van der Waals surface area contributed by atoms with Crippen LogP contribution in [0, 0.1) is 0 Å². The highest BCUT2D eigenvalue weighted by molar-refractivity contribution is 5.91. The predicted molar refractivity (Wildman–Crippen MR) is 113 cm³/mol. The van der Waals surface area contributed by atoms with E-state index in [2.05, 4.69) is 27.3 Å². The third kappa shape index (κ3) is 5.76. The Morgan fingerprint density at radius 3 is 2.41 bits per heavy atom. The summed E-state index contributed by atoms with van der Waals surface area (Å²) < 4.78 is 10.9. The normalized spacial score (nSPS) is 15.0. The Morgan fingerprint density at radius 1 is 1.14 bits per heavy atom. The molecule has 0 unspecified atom stereocenters. The highest BCUT2D eigenvalue weighted by Gasteiger charge is 2.25. The number of amides is 1. The van der Waals surface area contributed by atoms with Gasteiger partial charge in [-0.3, -0.25) is 9.79 Å². The summed E-state index contributed by atoms with van der Waals surface area (Å²) in [4.78, 5) is 20.8. The number of aliphatic imine (C=N–C) groups is 1. The lowest BCUT2D eigenvalue weighted by atomic mass is 10.1. The lowest BCUT2D eigenvalue weighted by molar-refractivity contribution is 0.0658. The van der Waals surface area contributed by atoms with Crippen molar-refractivity contribution in [3.8, 4) is 5.75 Å². The molecule has 0 aliphatic carbocycles. The van der Waals surface area contributed by atoms with E-state index in [4.69, 9.17) is 9.15 Å². The second-order valence-electron chi connectivity index (χ2n) is 7.29. The number of furan rings is 1. The van der Waals surface area contributed by atoms with Crippen LogP contribution in [0.3, 0.4) is 0 Å². The number of nitrogens with one attached hydrogen (secondary N) is 1. The van der Waals surface area contributed by atoms with Gasteiger partial charge in [0.15, 0.2) is 11.7 Å². The summed E-state index contributed by atoms with van der Waals surface area (Å²) in [6, 6.07) is 11.7. The van der Waals surface area contributed by atoms with Crippen LogP contribution < -0.4 is 10.1 Å². The molecule has 1 amide bonds. The molecule has 7 heteroatoms. The molecule has 0 radical (unpaired) electrons. The van der Waals surface area contributed by atoms with Gasteiger partial charge in [0.25, 0.3) is 5.91 Å². The molecule has 1 aliphatic heterocycles. The van der Waals surface area contributed by atoms with Crippen molar-refractivity contribution in [2.45, 2.75) is 26.4 Å². The van der Waals surface area contributed by atoms with Crippen LogP contribution in [0.2, 0.25) is 0 Å². The third-order valence-corrected chi connectivity index (χ3v) is 4.80. The van der Waals surface area contributed by atoms with Gasteiger partial charge in [0.05, 0.1) is 12.4 Å². The Kier molecular flexibility index (Phi) is 7.16. The number of carbonyl (C=O) groups is 1. The van der Waals surface area contributed by atoms with Gasteiger partial charge in [-0.05, 0) is 50.1 Å². The van der Waals surface area contributed by atoms with Crippen molar-refractivity contribution in [2.24, 2.45) is 4.99 Å². The molecule has 2 aromatic rings. The number of guanidine groups is 1. The topological polar surface area (TPSA) is 70.3 Å². The number of nitrogens with zero attached hydrogens (tertiary/aromatic N) is 3. The molecule has 1 saturated heterocycles. The van der Waals surface area contributed by atoms with Gasteiger partial charge in [0, 0.05) is 39.8 Å². The first-order valence-electron chi connectivity index (χ1n) is 10.1. The zero-order valence-corrected chi connectivity index (χ0v) is 17.4. The van der Waals surface area contributed by atoms with Crippen molar-refractivity contribution in [1.82, 2.24) is 15.1 Å². The molecule has 0 atom stereocenters. The molecule has 0 saturated carbocycles. The van der Waals surface area contributed by atoms with Gasteiger partial charge in [-0.25, -0.2) is 0 Å². The number of piperazine rings is 1. The van der Waals surface area contributed by atoms with Crippen LogP contribution in [-0.2, 0) is 6.42 Å². The van der Waals surface area contributed by atoms with Crippen LogP contribution in [-0.4, -0.2) is 67.5 Å². The summed E-state index contributed by atoms with van der Waals surface area (Å²) in [5, 5.41) is 3.43. The minimum absolute atomic E-state index is 0.0533. The standard InChI is InChI=1S/C22H30N4O3/c1-17(2)29-19-8-6-18(7-9-19)10-11-24-22(23-3)26-14-12-25(13-15-26)21(27)20-5-4-16-28-20/h4-9,16-17H,10-15H2,1-3H3,(H,23,24). The predicted octanol–water partition coefficient (Wildman–Crippen LogP) is 2.64. The average molecular weight is 399 g/mol. The number of ether oxygens (including phenoxy) is 1. The lowest BCUT2D eigenvalue weighted by Gasteiger charge is -2.36. The molecular weight excluding hydrogens is 368 g/mol. The number of hydrogen-bond acceptors (Lipinski definition) is 4. The van der Waals surface area contributed by atoms with Gasteiger partial charge in [0.2, 0.25) is 0 Å². The molecule has 156 valence electrons. The zero-order valence-electron chi connectivity index (χ0n) is 17.4. The van der Waals surface area contributed by atoms with Gasteiger partial charge in [-0.2, -0.15) is 0 Å². The minimum atomic E-state index is -0.0533. The van der Waals surface area contributed by atoms with E-state index in [-0.39, 0.29) is 12.0 Å². The van der Waals surface area contributed by atoms with Crippen LogP contribution in [0.25, 0.3) is 0 Å². The van der Waals surface area contributed by atoms with E-state index in [1.54, 1.807) is 19.2 Å². The molecule has 1 N–H and O–H groups in total. The number of rotatable bonds is 6. The fourth-order valence-electron chi connectivity index (χ4n) is 3.34. The summed E-state index contributed by atoms with van der Waals surface area (Å²) in [6.07, 6.45) is 2.61. The second-order valence-corrected chi connectivity index (χ2v) is 7.29. The molecular formula is C22H30N4O3. The number of benzene rings is 1. The Morgan fingerprint density at radius 2 is 1.83 bits per heavy atom. The van der Waals surface area contributed by atoms with E-state index < -0.39 is 0 Å². The molecule has 29 heavy (non-hydrogen) atoms. The molecule has 0 bridgehead atoms. The first-order valence-corrected chi connectivity index (χ1v) is 10.1. The summed E-state index contributed by atoms with van der Waals surface area (Å²) >= 11 is 0. The average Bonchev–Trinajstić information content (AvgIpc) is 3.27. The van der Waals surface area contributed by atoms with E-state index >= 15 is 0 Å². The maximum Gasteiger partial charge on any atom is 0.289 e. The first kappa shape index (κ1) is 20.8. The van der Waals surface area contributed by atoms with E-state index in [0.717, 1.165) is 37.8 Å². The Hall–Kier alpha value is -2.96. The van der Waals surface area contributed by atoms with Crippen LogP contribution in [0.5, 0.6) is 5.75 Å². The zero-order chi connectivity index (χ0) is 20.6. The van der Waals surface area contributed by atoms with E-state index in [1.165, 1.54) is 11.8 Å². The summed E-state index contributed by atoms with van der Waals surface area (Å²) in [7, 11) is 1.79. The van der Waals surface area contributed by atoms with Crippen molar-refractivity contribution in [3.05, 3.63) is 54.0 Å². The molecule has 1 aromatic carbocycles. The van der Waals surface area contributed by atoms with Crippen molar-refractivity contribution < 1.29 is 13.9 Å². The molecule has 3 rings (SSSR count). The molecule has 0 spiro atoms. The fourth-order valence-corrected chi connectivity index (χ4v) is 3.34. The van der Waals surface area contributed by atoms with E-state index in [0.29, 0.717) is 18.8 Å². The largest absolute Gasteiger partial charge is 0.491 e. The van der Waals surface area contributed by atoms with Crippen molar-refractivity contribution >= 4 is 11.9 Å². The van der Waals surface area contributed by atoms with E-state index in [1.807, 2.05) is 30.9 Å². The fraction of sp³-hybridized carbons (Fsp3) is 0.455. The maximum absolute atomic E-state index is 12.4. The van der Waals surface area contributed by atoms with Crippen molar-refractivity contribution in [1.29, 1.82) is 0 Å². The third-order valence-electron chi connectivity index (χ3n) is 4.80. The molecule has 7 nitrogen and oxygen atoms in total. The Balaban J connectivity index is 1.43. The molecule has 1 fully saturated rings. The maximum atomic E-state index is 12.4. The van der Waals surface area contributed by atoms with Crippen LogP contribution >= 0.6 is 0 Å². The molecule has 1 aromatic heterocycles. The van der Waals surface area contributed by atoms with Gasteiger partial charge < -0.3 is 24.3 Å².